The number of sulfone groups is 1. The molecule has 0 amide bonds. The highest BCUT2D eigenvalue weighted by Gasteiger charge is 2.21. The maximum Gasteiger partial charge on any atom is 0.178 e. The Bertz CT molecular complexity index is 520. The van der Waals surface area contributed by atoms with E-state index in [1.807, 2.05) is 6.92 Å². The first-order valence-electron chi connectivity index (χ1n) is 5.34. The Balaban J connectivity index is 3.31. The van der Waals surface area contributed by atoms with Crippen LogP contribution in [0.15, 0.2) is 29.2 Å². The van der Waals surface area contributed by atoms with Crippen molar-refractivity contribution >= 4 is 25.8 Å². The number of hydrogen-bond acceptors (Lipinski definition) is 3. The number of alkyl halides is 1. The van der Waals surface area contributed by atoms with Crippen molar-refractivity contribution < 1.29 is 8.42 Å². The topological polar surface area (TPSA) is 57.9 Å². The van der Waals surface area contributed by atoms with E-state index in [9.17, 15) is 8.42 Å². The van der Waals surface area contributed by atoms with E-state index in [4.69, 9.17) is 5.26 Å². The second-order valence-electron chi connectivity index (χ2n) is 3.69. The average molecular weight is 316 g/mol. The molecule has 1 atom stereocenters. The van der Waals surface area contributed by atoms with Gasteiger partial charge >= 0.3 is 0 Å². The van der Waals surface area contributed by atoms with Crippen LogP contribution in [0, 0.1) is 11.3 Å². The lowest BCUT2D eigenvalue weighted by molar-refractivity contribution is 0.593. The number of halogens is 1. The SMILES string of the molecule is CCCS(=O)(=O)c1ccccc1C(C#N)CBr. The van der Waals surface area contributed by atoms with Crippen LogP contribution < -0.4 is 0 Å². The zero-order valence-corrected chi connectivity index (χ0v) is 12.0. The van der Waals surface area contributed by atoms with Crippen LogP contribution in [0.25, 0.3) is 0 Å². The quantitative estimate of drug-likeness (QED) is 0.785. The summed E-state index contributed by atoms with van der Waals surface area (Å²) < 4.78 is 24.1. The molecule has 17 heavy (non-hydrogen) atoms. The summed E-state index contributed by atoms with van der Waals surface area (Å²) in [6, 6.07) is 8.84. The maximum atomic E-state index is 12.1. The molecule has 0 aliphatic carbocycles. The highest BCUT2D eigenvalue weighted by Crippen LogP contribution is 2.26. The Hall–Kier alpha value is -0.860. The van der Waals surface area contributed by atoms with Gasteiger partial charge in [0, 0.05) is 5.33 Å². The lowest BCUT2D eigenvalue weighted by atomic mass is 10.0. The summed E-state index contributed by atoms with van der Waals surface area (Å²) in [6.07, 6.45) is 0.572. The van der Waals surface area contributed by atoms with Gasteiger partial charge in [-0.3, -0.25) is 0 Å². The van der Waals surface area contributed by atoms with Crippen LogP contribution in [-0.4, -0.2) is 19.5 Å². The van der Waals surface area contributed by atoms with Gasteiger partial charge < -0.3 is 0 Å². The second kappa shape index (κ2) is 6.18. The van der Waals surface area contributed by atoms with Gasteiger partial charge in [0.25, 0.3) is 0 Å². The summed E-state index contributed by atoms with van der Waals surface area (Å²) in [5.74, 6) is -0.317. The first kappa shape index (κ1) is 14.2. The lowest BCUT2D eigenvalue weighted by Gasteiger charge is -2.12. The smallest absolute Gasteiger partial charge is 0.178 e. The normalized spacial score (nSPS) is 13.0. The Labute approximate surface area is 111 Å². The van der Waals surface area contributed by atoms with Gasteiger partial charge in [0.15, 0.2) is 9.84 Å². The number of hydrogen-bond donors (Lipinski definition) is 0. The molecule has 1 aromatic rings. The fourth-order valence-electron chi connectivity index (χ4n) is 1.62. The summed E-state index contributed by atoms with van der Waals surface area (Å²) in [4.78, 5) is 0.285. The minimum absolute atomic E-state index is 0.116. The number of nitrogens with zero attached hydrogens (tertiary/aromatic N) is 1. The molecule has 1 rings (SSSR count). The molecule has 0 heterocycles. The molecule has 1 unspecified atom stereocenters. The summed E-state index contributed by atoms with van der Waals surface area (Å²) in [5, 5.41) is 9.46. The van der Waals surface area contributed by atoms with Crippen LogP contribution in [0.3, 0.4) is 0 Å². The van der Waals surface area contributed by atoms with E-state index in [2.05, 4.69) is 22.0 Å². The molecule has 0 N–H and O–H groups in total. The highest BCUT2D eigenvalue weighted by molar-refractivity contribution is 9.09. The van der Waals surface area contributed by atoms with Crippen molar-refractivity contribution in [3.05, 3.63) is 29.8 Å². The highest BCUT2D eigenvalue weighted by atomic mass is 79.9. The molecule has 0 saturated carbocycles. The molecule has 0 spiro atoms. The van der Waals surface area contributed by atoms with Crippen molar-refractivity contribution in [1.29, 1.82) is 5.26 Å². The van der Waals surface area contributed by atoms with Crippen molar-refractivity contribution in [2.24, 2.45) is 0 Å². The molecule has 3 nitrogen and oxygen atoms in total. The van der Waals surface area contributed by atoms with Crippen LogP contribution in [0.4, 0.5) is 0 Å². The van der Waals surface area contributed by atoms with Gasteiger partial charge in [0.05, 0.1) is 22.6 Å². The molecule has 1 aromatic carbocycles. The van der Waals surface area contributed by atoms with E-state index < -0.39 is 15.8 Å². The summed E-state index contributed by atoms with van der Waals surface area (Å²) in [5.41, 5.74) is 0.584. The van der Waals surface area contributed by atoms with Gasteiger partial charge in [-0.05, 0) is 18.1 Å². The van der Waals surface area contributed by atoms with Gasteiger partial charge in [-0.2, -0.15) is 5.26 Å². The van der Waals surface area contributed by atoms with Crippen molar-refractivity contribution in [3.8, 4) is 6.07 Å². The van der Waals surface area contributed by atoms with E-state index in [1.54, 1.807) is 24.3 Å². The zero-order valence-electron chi connectivity index (χ0n) is 9.56. The fourth-order valence-corrected chi connectivity index (χ4v) is 3.72. The molecule has 0 aliphatic heterocycles. The molecular weight excluding hydrogens is 302 g/mol. The molecule has 0 radical (unpaired) electrons. The predicted molar refractivity (Wildman–Crippen MR) is 70.9 cm³/mol. The predicted octanol–water partition coefficient (Wildman–Crippen LogP) is 2.87. The molecule has 0 bridgehead atoms. The molecule has 0 fully saturated rings. The third-order valence-corrected chi connectivity index (χ3v) is 5.05. The van der Waals surface area contributed by atoms with Crippen molar-refractivity contribution in [1.82, 2.24) is 0 Å². The van der Waals surface area contributed by atoms with E-state index in [1.165, 1.54) is 0 Å². The first-order valence-corrected chi connectivity index (χ1v) is 8.11. The fraction of sp³-hybridized carbons (Fsp3) is 0.417. The van der Waals surface area contributed by atoms with Gasteiger partial charge in [0.1, 0.15) is 0 Å². The van der Waals surface area contributed by atoms with Crippen LogP contribution >= 0.6 is 15.9 Å². The number of rotatable bonds is 5. The molecule has 0 saturated heterocycles. The molecule has 0 aromatic heterocycles. The summed E-state index contributed by atoms with van der Waals surface area (Å²) in [7, 11) is -3.28. The van der Waals surface area contributed by atoms with Crippen LogP contribution in [-0.2, 0) is 9.84 Å². The Morgan fingerprint density at radius 1 is 1.41 bits per heavy atom. The number of benzene rings is 1. The average Bonchev–Trinajstić information content (AvgIpc) is 2.31. The summed E-state index contributed by atoms with van der Waals surface area (Å²) >= 11 is 3.24. The molecule has 5 heteroatoms. The van der Waals surface area contributed by atoms with E-state index in [0.717, 1.165) is 0 Å². The molecule has 0 aliphatic rings. The Morgan fingerprint density at radius 3 is 2.59 bits per heavy atom. The van der Waals surface area contributed by atoms with E-state index >= 15 is 0 Å². The molecule has 92 valence electrons. The second-order valence-corrected chi connectivity index (χ2v) is 6.42. The van der Waals surface area contributed by atoms with Gasteiger partial charge in [-0.15, -0.1) is 0 Å². The minimum atomic E-state index is -3.28. The van der Waals surface area contributed by atoms with Crippen LogP contribution in [0.5, 0.6) is 0 Å². The van der Waals surface area contributed by atoms with Gasteiger partial charge in [0.2, 0.25) is 0 Å². The van der Waals surface area contributed by atoms with Crippen LogP contribution in [0.2, 0.25) is 0 Å². The standard InChI is InChI=1S/C12H14BrNO2S/c1-2-7-17(15,16)12-6-4-3-5-11(12)10(8-13)9-14/h3-6,10H,2,7-8H2,1H3. The number of nitriles is 1. The molecular formula is C12H14BrNO2S. The summed E-state index contributed by atoms with van der Waals surface area (Å²) in [6.45, 7) is 1.83. The minimum Gasteiger partial charge on any atom is -0.224 e. The van der Waals surface area contributed by atoms with Crippen molar-refractivity contribution in [3.63, 3.8) is 0 Å². The third kappa shape index (κ3) is 3.30. The Morgan fingerprint density at radius 2 is 2.06 bits per heavy atom. The van der Waals surface area contributed by atoms with E-state index in [0.29, 0.717) is 17.3 Å². The monoisotopic (exact) mass is 315 g/mol. The van der Waals surface area contributed by atoms with Crippen molar-refractivity contribution in [2.45, 2.75) is 24.2 Å². The maximum absolute atomic E-state index is 12.1. The zero-order chi connectivity index (χ0) is 12.9. The largest absolute Gasteiger partial charge is 0.224 e. The van der Waals surface area contributed by atoms with Crippen molar-refractivity contribution in [2.75, 3.05) is 11.1 Å². The van der Waals surface area contributed by atoms with Crippen LogP contribution in [0.1, 0.15) is 24.8 Å². The first-order chi connectivity index (χ1) is 8.06. The Kier molecular flexibility index (Phi) is 5.16. The lowest BCUT2D eigenvalue weighted by Crippen LogP contribution is -2.11. The van der Waals surface area contributed by atoms with Gasteiger partial charge in [-0.1, -0.05) is 41.1 Å². The van der Waals surface area contributed by atoms with Gasteiger partial charge in [-0.25, -0.2) is 8.42 Å². The van der Waals surface area contributed by atoms with E-state index in [-0.39, 0.29) is 10.6 Å². The third-order valence-electron chi connectivity index (χ3n) is 2.41.